The molecule has 15 N–H and O–H groups in total. The average molecular weight is 2160 g/mol. The fourth-order valence-corrected chi connectivity index (χ4v) is 13.0. The number of ether oxygens (including phenoxy) is 4. The molecule has 0 bridgehead atoms. The van der Waals surface area contributed by atoms with E-state index in [0.29, 0.717) is 42.5 Å². The molecule has 0 saturated heterocycles. The molecule has 9 rings (SSSR count). The number of hydrogen-bond donors (Lipinski definition) is 9. The fourth-order valence-electron chi connectivity index (χ4n) is 9.07. The molecule has 51 heteroatoms. The number of benzene rings is 9. The zero-order chi connectivity index (χ0) is 146. The molecule has 0 aliphatic carbocycles. The number of Topliss-reactive ketones (excluding diaryl/α,β-unsaturated/α-hetero) is 2. The summed E-state index contributed by atoms with van der Waals surface area (Å²) in [5.41, 5.74) is -8.58. The molecule has 0 unspecified atom stereocenters. The van der Waals surface area contributed by atoms with E-state index in [1.54, 1.807) is 36.4 Å². The van der Waals surface area contributed by atoms with E-state index in [1.807, 2.05) is 0 Å². The van der Waals surface area contributed by atoms with E-state index in [0.717, 1.165) is 60.5 Å². The molecule has 0 saturated carbocycles. The standard InChI is InChI=1S/C22H30N2O4S.C21H28N2O5S.C14H12N2O6S.C13H10N2O7S.C7H5ClN2O6S.C4H10O.C4H8O.C2H7P.CH2Cl2.Li.H2O/c1-4-6-13-24(14-7-5-2)20-15-18(17(3)25)16-21(29(23,26)27)22(20)28-19-11-9-8-10-12-19;1-3-5-12-23(13-6-4-2)18-14-16(21(24)25)15-19(29(22,26)27)20(18)28-17-10-8-7-9-11-17;1-9(17)10-7-12(16(18)19)14(13(8-10)23(15,20)21)22-11-5-3-2-4-6-11;14-23(20,21)11-7-8(13(16)17)6-10(15(18)19)12(11)22-9-4-2-1-3-5-9;8-6-4(10(13)14)1-3(7(11)12)2-5(6)17(9,15)16;2*1-2-3-4-5;1-3-2;2-1-3;;/h8-12,15-16H,4-7,13-14H2,1-3H3,(H2,23,26,27);7-11,14-15H,3-6,12-13H2,1-2H3,(H,24,25)(H2,22,26,27);2-8H,1H3,(H2,15,20,21);1-7H,(H,16,17)(H2,14,20,21);1-2H,(H,11,12)(H2,9,15,16);5H,2-4H2,1H3;4H,2-3H2,1H3;3H,1-2H3;1H2;;1H2/q;;;;;;;;;+1;/p-1/i1D3,2D3,4D2,5D2,6D2,7D2,13D2,14D2;1D3,2D3,3D2,4D2,5D2,6D2,12D2,13D2;;;;2D2,3D2,4D2;2D2,3D2,4D;;;;. The molecule has 41 nitrogen and oxygen atoms in total. The van der Waals surface area contributed by atoms with Crippen LogP contribution in [-0.4, -0.2) is 170 Å². The Kier molecular flexibility index (Phi) is 32.5. The number of aliphatic hydroxyl groups is 1. The fraction of sp³-hybridized carbons (Fsp3) is 0.318. The monoisotopic (exact) mass is 2160 g/mol. The number of rotatable bonds is 39. The van der Waals surface area contributed by atoms with E-state index in [-0.39, 0.29) is 64.3 Å². The van der Waals surface area contributed by atoms with E-state index < -0.39 is 350 Å². The molecule has 0 aliphatic heterocycles. The number of nitro benzene ring substituents is 3. The molecule has 0 heterocycles. The maximum Gasteiger partial charge on any atom is 1.00 e. The van der Waals surface area contributed by atoms with Gasteiger partial charge in [0, 0.05) is 129 Å². The third kappa shape index (κ3) is 46.2. The van der Waals surface area contributed by atoms with Crippen molar-refractivity contribution < 1.29 is 214 Å². The van der Waals surface area contributed by atoms with Gasteiger partial charge in [0.25, 0.3) is 5.69 Å². The second-order valence-corrected chi connectivity index (χ2v) is 33.8. The van der Waals surface area contributed by atoms with Gasteiger partial charge < -0.3 is 59.4 Å². The van der Waals surface area contributed by atoms with Crippen LogP contribution < -0.4 is 73.3 Å². The second kappa shape index (κ2) is 65.6. The number of alkyl halides is 2. The molecule has 0 aliphatic rings. The maximum atomic E-state index is 12.8. The van der Waals surface area contributed by atoms with Gasteiger partial charge in [0.2, 0.25) is 61.6 Å². The summed E-state index contributed by atoms with van der Waals surface area (Å²) in [5, 5.41) is 94.0. The largest absolute Gasteiger partial charge is 1.00 e. The quantitative estimate of drug-likeness (QED) is 0.00328. The normalized spacial score (nSPS) is 17.7. The number of aldehydes is 1. The Hall–Kier alpha value is -11.2. The number of carbonyl (C=O) groups excluding carboxylic acids is 3. The van der Waals surface area contributed by atoms with Crippen molar-refractivity contribution in [1.29, 1.82) is 0 Å². The number of halogens is 3. The number of ketones is 2. The number of hydrogen-bond acceptors (Lipinski definition) is 30. The summed E-state index contributed by atoms with van der Waals surface area (Å²) in [4.78, 5) is 91.9. The van der Waals surface area contributed by atoms with E-state index >= 15 is 0 Å². The van der Waals surface area contributed by atoms with Crippen LogP contribution >= 0.6 is 43.4 Å². The first-order valence-corrected chi connectivity index (χ1v) is 46.8. The third-order valence-electron chi connectivity index (χ3n) is 14.4. The van der Waals surface area contributed by atoms with Crippen LogP contribution in [0.4, 0.5) is 28.4 Å². The molecular weight excluding hydrogens is 2000 g/mol. The van der Waals surface area contributed by atoms with E-state index in [4.69, 9.17) is 159 Å². The number of para-hydroxylation sites is 4. The van der Waals surface area contributed by atoms with Crippen molar-refractivity contribution in [2.45, 2.75) is 156 Å². The van der Waals surface area contributed by atoms with E-state index in [2.05, 4.69) is 13.3 Å². The Morgan fingerprint density at radius 3 is 0.892 bits per heavy atom. The van der Waals surface area contributed by atoms with Gasteiger partial charge in [-0.15, -0.1) is 31.8 Å². The molecule has 758 valence electrons. The maximum absolute atomic E-state index is 12.8. The van der Waals surface area contributed by atoms with Crippen LogP contribution in [0.15, 0.2) is 206 Å². The first kappa shape index (κ1) is 68.8. The summed E-state index contributed by atoms with van der Waals surface area (Å²) < 4.78 is 508. The van der Waals surface area contributed by atoms with Crippen molar-refractivity contribution >= 4 is 158 Å². The number of nitrogens with zero attached hydrogens (tertiary/aromatic N) is 5. The molecule has 139 heavy (non-hydrogen) atoms. The number of nitro groups is 3. The Morgan fingerprint density at radius 1 is 0.432 bits per heavy atom. The molecule has 9 aromatic carbocycles. The number of carboxylic acids is 3. The molecular formula is C88H113Cl3LiN10O31PS5. The number of nitrogens with two attached hydrogens (primary N) is 5. The van der Waals surface area contributed by atoms with Gasteiger partial charge in [0.15, 0.2) is 23.1 Å². The SMILES string of the molecule is CC(=O)c1cc([N+](=O)[O-])c(Oc2ccccc2)c(S(N)(=O)=O)c1.CPC.ClCCl.NS(=O)(=O)c1cc(C(=O)O)cc([N+](=O)[O-])c1Cl.NS(=O)(=O)c1cc(C(=O)O)cc([N+](=O)[O-])c1Oc1ccccc1.[2H]C(=O)C([2H])([2H])C([2H])([2H])C.[2H]C([2H])(C)C([2H])([2H])C([2H])([2H])O.[2H]C([2H])([2H])C([2H])([2H])C([2H])([2H])C([2H])([2H])N(c1cc(C(=O)O)cc(S(N)(=O)=O)c1Oc1ccccc1)C([2H])([2H])C([2H])([2H])C([2H])([2H])C([2H])([2H])[2H].[2H]C([2H])([2H])C([2H])([2H])C([2H])([2H])C([2H])([2H])N(c1cc(C(C)=O)cc(S(N)(=O)=O)c1Oc1ccccc1)C([2H])([2H])C([2H])([2H])C([2H])([2H])C([2H])([2H])[2H].[Li+].[OH-]. The molecule has 0 amide bonds. The Morgan fingerprint density at radius 2 is 0.669 bits per heavy atom. The minimum Gasteiger partial charge on any atom is -0.870 e. The molecule has 0 atom stereocenters. The zero-order valence-corrected chi connectivity index (χ0v) is 79.5. The summed E-state index contributed by atoms with van der Waals surface area (Å²) in [6, 6.07) is 34.7. The minimum absolute atomic E-state index is 0. The summed E-state index contributed by atoms with van der Waals surface area (Å²) >= 11 is 15.0. The second-order valence-electron chi connectivity index (χ2n) is 24.0. The molecule has 9 aromatic rings. The van der Waals surface area contributed by atoms with Gasteiger partial charge in [-0.3, -0.25) is 39.9 Å². The third-order valence-corrected chi connectivity index (χ3v) is 19.6. The first-order chi connectivity index (χ1) is 81.8. The van der Waals surface area contributed by atoms with Gasteiger partial charge in [-0.25, -0.2) is 82.2 Å². The summed E-state index contributed by atoms with van der Waals surface area (Å²) in [6.45, 7) is -29.5. The average Bonchev–Trinajstić information content (AvgIpc) is 0.692. The first-order valence-electron chi connectivity index (χ1n) is 59.1. The van der Waals surface area contributed by atoms with Gasteiger partial charge in [0.05, 0.1) is 50.9 Å². The van der Waals surface area contributed by atoms with Crippen LogP contribution in [0, 0.1) is 30.3 Å². The Bertz CT molecular complexity index is 7930. The van der Waals surface area contributed by atoms with Gasteiger partial charge in [0.1, 0.15) is 60.1 Å². The van der Waals surface area contributed by atoms with Crippen molar-refractivity contribution in [1.82, 2.24) is 0 Å². The molecule has 0 spiro atoms. The van der Waals surface area contributed by atoms with Crippen LogP contribution in [0.1, 0.15) is 248 Å². The summed E-state index contributed by atoms with van der Waals surface area (Å²) in [6.07, 6.45) is -47.0. The van der Waals surface area contributed by atoms with Crippen molar-refractivity contribution in [3.63, 3.8) is 0 Å². The van der Waals surface area contributed by atoms with E-state index in [9.17, 15) is 106 Å². The minimum atomic E-state index is -5.21. The van der Waals surface area contributed by atoms with Gasteiger partial charge in [-0.1, -0.05) is 158 Å². The van der Waals surface area contributed by atoms with Crippen LogP contribution in [0.5, 0.6) is 46.0 Å². The number of carbonyl (C=O) groups is 6. The van der Waals surface area contributed by atoms with Crippen LogP contribution in [0.2, 0.25) is 5.02 Å². The topological polar surface area (TPSA) is 687 Å². The number of anilines is 2. The number of primary sulfonamides is 5. The molecule has 0 fully saturated rings. The number of sulfonamides is 5. The Balaban J connectivity index is 0. The predicted molar refractivity (Wildman–Crippen MR) is 527 cm³/mol. The summed E-state index contributed by atoms with van der Waals surface area (Å²) in [5.74, 6) is -10.7. The molecule has 0 aromatic heterocycles. The van der Waals surface area contributed by atoms with Crippen molar-refractivity contribution in [2.24, 2.45) is 25.7 Å². The van der Waals surface area contributed by atoms with Crippen LogP contribution in [-0.2, 0) is 54.9 Å². The molecule has 0 radical (unpaired) electrons. The smallest absolute Gasteiger partial charge is 0.870 e. The summed E-state index contributed by atoms with van der Waals surface area (Å²) in [7, 11) is -22.4. The Labute approximate surface area is 902 Å². The van der Waals surface area contributed by atoms with Gasteiger partial charge in [-0.05, 0) is 156 Å². The number of aromatic carboxylic acids is 3. The van der Waals surface area contributed by atoms with Crippen molar-refractivity contribution in [3.8, 4) is 46.0 Å². The van der Waals surface area contributed by atoms with Gasteiger partial charge in [-0.2, -0.15) is 0 Å². The van der Waals surface area contributed by atoms with Crippen LogP contribution in [0.25, 0.3) is 0 Å². The zero-order valence-electron chi connectivity index (χ0n) is 119. The predicted octanol–water partition coefficient (Wildman–Crippen LogP) is 14.5. The van der Waals surface area contributed by atoms with Crippen molar-refractivity contribution in [2.75, 3.05) is 61.0 Å². The van der Waals surface area contributed by atoms with E-state index in [1.165, 1.54) is 72.8 Å². The van der Waals surface area contributed by atoms with Gasteiger partial charge >= 0.3 is 48.1 Å². The van der Waals surface area contributed by atoms with Crippen LogP contribution in [0.3, 0.4) is 0 Å². The number of carboxylic acid groups (broad SMARTS) is 3. The van der Waals surface area contributed by atoms with Crippen molar-refractivity contribution in [3.05, 3.63) is 245 Å².